The number of ether oxygens (including phenoxy) is 1. The van der Waals surface area contributed by atoms with E-state index < -0.39 is 0 Å². The quantitative estimate of drug-likeness (QED) is 0.776. The van der Waals surface area contributed by atoms with Gasteiger partial charge in [-0.2, -0.15) is 0 Å². The summed E-state index contributed by atoms with van der Waals surface area (Å²) in [6, 6.07) is 4.14. The molecule has 78 valence electrons. The van der Waals surface area contributed by atoms with Crippen molar-refractivity contribution in [2.24, 2.45) is 5.73 Å². The van der Waals surface area contributed by atoms with Gasteiger partial charge in [0.25, 0.3) is 0 Å². The van der Waals surface area contributed by atoms with Crippen molar-refractivity contribution < 1.29 is 4.74 Å². The molecule has 0 spiro atoms. The Kier molecular flexibility index (Phi) is 3.96. The van der Waals surface area contributed by atoms with Gasteiger partial charge < -0.3 is 10.5 Å². The summed E-state index contributed by atoms with van der Waals surface area (Å²) >= 11 is 3.58. The van der Waals surface area contributed by atoms with E-state index in [2.05, 4.69) is 47.6 Å². The van der Waals surface area contributed by atoms with Gasteiger partial charge in [-0.15, -0.1) is 0 Å². The van der Waals surface area contributed by atoms with Crippen LogP contribution in [0.4, 0.5) is 0 Å². The van der Waals surface area contributed by atoms with Crippen molar-refractivity contribution in [3.63, 3.8) is 0 Å². The first-order valence-electron chi connectivity index (χ1n) is 4.71. The number of halogens is 1. The van der Waals surface area contributed by atoms with E-state index in [4.69, 9.17) is 4.74 Å². The predicted octanol–water partition coefficient (Wildman–Crippen LogP) is 2.66. The fraction of sp³-hybridized carbons (Fsp3) is 0.455. The third-order valence-corrected chi connectivity index (χ3v) is 3.32. The number of rotatable bonds is 0. The molecule has 2 N–H and O–H groups in total. The van der Waals surface area contributed by atoms with Gasteiger partial charge in [0, 0.05) is 16.5 Å². The number of nitrogens with two attached hydrogens (primary N) is 1. The van der Waals surface area contributed by atoms with Crippen molar-refractivity contribution >= 4 is 15.9 Å². The van der Waals surface area contributed by atoms with Crippen molar-refractivity contribution in [1.82, 2.24) is 0 Å². The van der Waals surface area contributed by atoms with Gasteiger partial charge in [-0.05, 0) is 32.5 Å². The lowest BCUT2D eigenvalue weighted by atomic mass is 10.1. The van der Waals surface area contributed by atoms with E-state index in [0.29, 0.717) is 6.10 Å². The van der Waals surface area contributed by atoms with Crippen LogP contribution >= 0.6 is 15.9 Å². The van der Waals surface area contributed by atoms with Gasteiger partial charge in [-0.1, -0.05) is 22.0 Å². The molecule has 0 aliphatic carbocycles. The second kappa shape index (κ2) is 4.80. The van der Waals surface area contributed by atoms with Gasteiger partial charge in [-0.3, -0.25) is 0 Å². The average Bonchev–Trinajstić information content (AvgIpc) is 2.57. The van der Waals surface area contributed by atoms with Crippen molar-refractivity contribution in [2.75, 3.05) is 7.05 Å². The van der Waals surface area contributed by atoms with Crippen LogP contribution in [0, 0.1) is 6.92 Å². The van der Waals surface area contributed by atoms with Gasteiger partial charge >= 0.3 is 0 Å². The molecule has 1 aromatic rings. The number of benzene rings is 1. The predicted molar refractivity (Wildman–Crippen MR) is 62.8 cm³/mol. The molecule has 0 bridgehead atoms. The molecule has 0 saturated carbocycles. The maximum absolute atomic E-state index is 5.61. The Labute approximate surface area is 93.6 Å². The maximum Gasteiger partial charge on any atom is 0.124 e. The summed E-state index contributed by atoms with van der Waals surface area (Å²) in [6.45, 7) is 4.20. The van der Waals surface area contributed by atoms with Gasteiger partial charge in [-0.25, -0.2) is 0 Å². The number of fused-ring (bicyclic) bond motifs is 1. The highest BCUT2D eigenvalue weighted by Gasteiger charge is 2.21. The van der Waals surface area contributed by atoms with E-state index >= 15 is 0 Å². The zero-order valence-corrected chi connectivity index (χ0v) is 10.4. The Hall–Kier alpha value is -0.540. The molecule has 1 atom stereocenters. The van der Waals surface area contributed by atoms with Gasteiger partial charge in [0.15, 0.2) is 0 Å². The Morgan fingerprint density at radius 3 is 2.71 bits per heavy atom. The summed E-state index contributed by atoms with van der Waals surface area (Å²) in [4.78, 5) is 0. The van der Waals surface area contributed by atoms with Crippen LogP contribution in [0.2, 0.25) is 0 Å². The van der Waals surface area contributed by atoms with Gasteiger partial charge in [0.2, 0.25) is 0 Å². The normalized spacial score (nSPS) is 17.9. The van der Waals surface area contributed by atoms with E-state index in [-0.39, 0.29) is 0 Å². The van der Waals surface area contributed by atoms with Crippen molar-refractivity contribution in [2.45, 2.75) is 26.4 Å². The topological polar surface area (TPSA) is 35.2 Å². The molecule has 2 rings (SSSR count). The molecule has 3 heteroatoms. The monoisotopic (exact) mass is 257 g/mol. The second-order valence-corrected chi connectivity index (χ2v) is 4.10. The average molecular weight is 258 g/mol. The fourth-order valence-corrected chi connectivity index (χ4v) is 2.06. The molecule has 0 radical (unpaired) electrons. The molecule has 1 aliphatic heterocycles. The SMILES string of the molecule is CN.Cc1ccc2c(c1Br)C[C@@H](C)O2. The molecule has 1 heterocycles. The highest BCUT2D eigenvalue weighted by Crippen LogP contribution is 2.36. The molecular formula is C11H16BrNO. The zero-order chi connectivity index (χ0) is 10.7. The molecule has 2 nitrogen and oxygen atoms in total. The summed E-state index contributed by atoms with van der Waals surface area (Å²) in [6.07, 6.45) is 1.36. The van der Waals surface area contributed by atoms with Crippen LogP contribution in [0.15, 0.2) is 16.6 Å². The van der Waals surface area contributed by atoms with E-state index in [1.54, 1.807) is 0 Å². The number of hydrogen-bond acceptors (Lipinski definition) is 2. The van der Waals surface area contributed by atoms with Crippen LogP contribution in [0.5, 0.6) is 5.75 Å². The smallest absolute Gasteiger partial charge is 0.124 e. The Morgan fingerprint density at radius 2 is 2.07 bits per heavy atom. The highest BCUT2D eigenvalue weighted by molar-refractivity contribution is 9.10. The molecule has 0 fully saturated rings. The Morgan fingerprint density at radius 1 is 1.43 bits per heavy atom. The van der Waals surface area contributed by atoms with E-state index in [0.717, 1.165) is 12.2 Å². The minimum atomic E-state index is 0.332. The Bertz CT molecular complexity index is 325. The third-order valence-electron chi connectivity index (χ3n) is 2.21. The van der Waals surface area contributed by atoms with Crippen molar-refractivity contribution in [1.29, 1.82) is 0 Å². The van der Waals surface area contributed by atoms with Crippen LogP contribution in [-0.4, -0.2) is 13.2 Å². The molecule has 14 heavy (non-hydrogen) atoms. The van der Waals surface area contributed by atoms with Crippen LogP contribution < -0.4 is 10.5 Å². The van der Waals surface area contributed by atoms with Crippen LogP contribution in [-0.2, 0) is 6.42 Å². The summed E-state index contributed by atoms with van der Waals surface area (Å²) in [5, 5.41) is 0. The maximum atomic E-state index is 5.61. The minimum Gasteiger partial charge on any atom is -0.490 e. The zero-order valence-electron chi connectivity index (χ0n) is 8.80. The summed E-state index contributed by atoms with van der Waals surface area (Å²) < 4.78 is 6.82. The second-order valence-electron chi connectivity index (χ2n) is 3.31. The minimum absolute atomic E-state index is 0.332. The number of hydrogen-bond donors (Lipinski definition) is 1. The van der Waals surface area contributed by atoms with Gasteiger partial charge in [0.05, 0.1) is 0 Å². The highest BCUT2D eigenvalue weighted by atomic mass is 79.9. The van der Waals surface area contributed by atoms with Crippen LogP contribution in [0.3, 0.4) is 0 Å². The molecule has 1 aliphatic rings. The molecule has 0 saturated heterocycles. The lowest BCUT2D eigenvalue weighted by Crippen LogP contribution is -2.05. The lowest BCUT2D eigenvalue weighted by molar-refractivity contribution is 0.254. The molecule has 0 amide bonds. The standard InChI is InChI=1S/C10H11BrO.CH5N/c1-6-3-4-9-8(10(6)11)5-7(2)12-9;1-2/h3-4,7H,5H2,1-2H3;2H2,1H3/t7-;/m1./s1. The van der Waals surface area contributed by atoms with Crippen LogP contribution in [0.25, 0.3) is 0 Å². The summed E-state index contributed by atoms with van der Waals surface area (Å²) in [5.74, 6) is 1.04. The number of aryl methyl sites for hydroxylation is 1. The summed E-state index contributed by atoms with van der Waals surface area (Å²) in [5.41, 5.74) is 7.11. The third kappa shape index (κ3) is 2.10. The molecule has 1 aromatic carbocycles. The summed E-state index contributed by atoms with van der Waals surface area (Å²) in [7, 11) is 1.50. The fourth-order valence-electron chi connectivity index (χ4n) is 1.57. The first-order valence-corrected chi connectivity index (χ1v) is 5.50. The molecule has 0 unspecified atom stereocenters. The molecular weight excluding hydrogens is 242 g/mol. The Balaban J connectivity index is 0.000000461. The van der Waals surface area contributed by atoms with Crippen LogP contribution in [0.1, 0.15) is 18.1 Å². The lowest BCUT2D eigenvalue weighted by Gasteiger charge is -2.03. The first kappa shape index (κ1) is 11.5. The van der Waals surface area contributed by atoms with E-state index in [9.17, 15) is 0 Å². The van der Waals surface area contributed by atoms with Crippen molar-refractivity contribution in [3.8, 4) is 5.75 Å². The van der Waals surface area contributed by atoms with Gasteiger partial charge in [0.1, 0.15) is 11.9 Å². The largest absolute Gasteiger partial charge is 0.490 e. The van der Waals surface area contributed by atoms with E-state index in [1.165, 1.54) is 22.6 Å². The molecule has 0 aromatic heterocycles. The van der Waals surface area contributed by atoms with Crippen molar-refractivity contribution in [3.05, 3.63) is 27.7 Å². The van der Waals surface area contributed by atoms with E-state index in [1.807, 2.05) is 0 Å². The first-order chi connectivity index (χ1) is 6.68.